The Morgan fingerprint density at radius 3 is 2.60 bits per heavy atom. The highest BCUT2D eigenvalue weighted by molar-refractivity contribution is 5.89. The van der Waals surface area contributed by atoms with Gasteiger partial charge in [0.25, 0.3) is 5.69 Å². The van der Waals surface area contributed by atoms with Crippen LogP contribution in [0.15, 0.2) is 60.7 Å². The minimum Gasteiger partial charge on any atom is -0.461 e. The van der Waals surface area contributed by atoms with Crippen molar-refractivity contribution in [3.05, 3.63) is 76.5 Å². The van der Waals surface area contributed by atoms with Gasteiger partial charge >= 0.3 is 5.97 Å². The smallest absolute Gasteiger partial charge is 0.358 e. The number of ether oxygens (including phenoxy) is 1. The molecule has 0 atom stereocenters. The molecular formula is C18H15N3O4. The Kier molecular flexibility index (Phi) is 4.56. The van der Waals surface area contributed by atoms with Gasteiger partial charge in [-0.1, -0.05) is 36.4 Å². The van der Waals surface area contributed by atoms with Gasteiger partial charge in [0.15, 0.2) is 5.69 Å². The first-order valence-electron chi connectivity index (χ1n) is 7.67. The molecule has 0 spiro atoms. The molecule has 1 aromatic heterocycles. The quantitative estimate of drug-likeness (QED) is 0.403. The third-order valence-electron chi connectivity index (χ3n) is 3.55. The van der Waals surface area contributed by atoms with E-state index in [1.54, 1.807) is 25.1 Å². The van der Waals surface area contributed by atoms with Gasteiger partial charge in [-0.2, -0.15) is 5.10 Å². The summed E-state index contributed by atoms with van der Waals surface area (Å²) < 4.78 is 6.52. The third kappa shape index (κ3) is 3.40. The van der Waals surface area contributed by atoms with Crippen LogP contribution >= 0.6 is 0 Å². The molecule has 3 rings (SSSR count). The average Bonchev–Trinajstić information content (AvgIpc) is 3.08. The summed E-state index contributed by atoms with van der Waals surface area (Å²) in [6, 6.07) is 17.1. The van der Waals surface area contributed by atoms with Crippen LogP contribution in [-0.4, -0.2) is 27.3 Å². The fraction of sp³-hybridized carbons (Fsp3) is 0.111. The minimum absolute atomic E-state index is 0.0512. The second-order valence-corrected chi connectivity index (χ2v) is 5.19. The molecule has 7 nitrogen and oxygen atoms in total. The van der Waals surface area contributed by atoms with Crippen LogP contribution in [-0.2, 0) is 4.74 Å². The SMILES string of the molecule is CCOC(=O)c1cc(-c2ccccc2)n(-c2cccc([N+](=O)[O-])c2)n1. The van der Waals surface area contributed by atoms with Crippen molar-refractivity contribution >= 4 is 11.7 Å². The fourth-order valence-electron chi connectivity index (χ4n) is 2.44. The topological polar surface area (TPSA) is 87.3 Å². The Labute approximate surface area is 143 Å². The van der Waals surface area contributed by atoms with Gasteiger partial charge in [-0.15, -0.1) is 0 Å². The van der Waals surface area contributed by atoms with Crippen molar-refractivity contribution in [2.45, 2.75) is 6.92 Å². The maximum atomic E-state index is 12.0. The molecule has 0 saturated heterocycles. The molecule has 0 N–H and O–H groups in total. The van der Waals surface area contributed by atoms with Gasteiger partial charge in [-0.3, -0.25) is 10.1 Å². The summed E-state index contributed by atoms with van der Waals surface area (Å²) in [5.74, 6) is -0.538. The minimum atomic E-state index is -0.538. The van der Waals surface area contributed by atoms with Crippen LogP contribution in [0.1, 0.15) is 17.4 Å². The van der Waals surface area contributed by atoms with Gasteiger partial charge < -0.3 is 4.74 Å². The third-order valence-corrected chi connectivity index (χ3v) is 3.55. The van der Waals surface area contributed by atoms with Crippen LogP contribution in [0.5, 0.6) is 0 Å². The van der Waals surface area contributed by atoms with E-state index in [4.69, 9.17) is 4.74 Å². The molecule has 2 aromatic carbocycles. The van der Waals surface area contributed by atoms with E-state index in [1.165, 1.54) is 16.8 Å². The van der Waals surface area contributed by atoms with Gasteiger partial charge in [0, 0.05) is 17.7 Å². The highest BCUT2D eigenvalue weighted by Crippen LogP contribution is 2.26. The molecular weight excluding hydrogens is 322 g/mol. The lowest BCUT2D eigenvalue weighted by molar-refractivity contribution is -0.384. The zero-order valence-corrected chi connectivity index (χ0v) is 13.5. The molecule has 0 bridgehead atoms. The number of hydrogen-bond donors (Lipinski definition) is 0. The van der Waals surface area contributed by atoms with E-state index in [0.29, 0.717) is 11.4 Å². The van der Waals surface area contributed by atoms with E-state index in [9.17, 15) is 14.9 Å². The van der Waals surface area contributed by atoms with Crippen LogP contribution in [0.4, 0.5) is 5.69 Å². The number of carbonyl (C=O) groups is 1. The molecule has 1 heterocycles. The van der Waals surface area contributed by atoms with Crippen LogP contribution in [0.2, 0.25) is 0 Å². The Balaban J connectivity index is 2.15. The fourth-order valence-corrected chi connectivity index (χ4v) is 2.44. The maximum Gasteiger partial charge on any atom is 0.358 e. The Hall–Kier alpha value is -3.48. The normalized spacial score (nSPS) is 10.4. The van der Waals surface area contributed by atoms with Crippen LogP contribution in [0.3, 0.4) is 0 Å². The molecule has 0 saturated carbocycles. The zero-order chi connectivity index (χ0) is 17.8. The summed E-state index contributed by atoms with van der Waals surface area (Å²) in [4.78, 5) is 22.6. The molecule has 0 amide bonds. The van der Waals surface area contributed by atoms with E-state index in [2.05, 4.69) is 5.10 Å². The number of nitro groups is 1. The molecule has 0 aliphatic rings. The van der Waals surface area contributed by atoms with Crippen molar-refractivity contribution in [3.8, 4) is 16.9 Å². The first-order chi connectivity index (χ1) is 12.1. The van der Waals surface area contributed by atoms with Gasteiger partial charge in [0.05, 0.1) is 22.9 Å². The zero-order valence-electron chi connectivity index (χ0n) is 13.5. The predicted octanol–water partition coefficient (Wildman–Crippen LogP) is 3.62. The lowest BCUT2D eigenvalue weighted by Crippen LogP contribution is -2.07. The lowest BCUT2D eigenvalue weighted by atomic mass is 10.1. The second-order valence-electron chi connectivity index (χ2n) is 5.19. The summed E-state index contributed by atoms with van der Waals surface area (Å²) >= 11 is 0. The van der Waals surface area contributed by atoms with Crippen molar-refractivity contribution in [2.24, 2.45) is 0 Å². The molecule has 3 aromatic rings. The van der Waals surface area contributed by atoms with Crippen LogP contribution < -0.4 is 0 Å². The molecule has 0 aliphatic carbocycles. The second kappa shape index (κ2) is 6.96. The Morgan fingerprint density at radius 2 is 1.92 bits per heavy atom. The molecule has 0 unspecified atom stereocenters. The summed E-state index contributed by atoms with van der Waals surface area (Å²) in [5.41, 5.74) is 2.06. The van der Waals surface area contributed by atoms with Gasteiger partial charge in [-0.25, -0.2) is 9.48 Å². The number of benzene rings is 2. The van der Waals surface area contributed by atoms with Crippen molar-refractivity contribution in [3.63, 3.8) is 0 Å². The maximum absolute atomic E-state index is 12.0. The monoisotopic (exact) mass is 337 g/mol. The van der Waals surface area contributed by atoms with Crippen molar-refractivity contribution in [2.75, 3.05) is 6.61 Å². The largest absolute Gasteiger partial charge is 0.461 e. The van der Waals surface area contributed by atoms with E-state index in [1.807, 2.05) is 30.3 Å². The van der Waals surface area contributed by atoms with Gasteiger partial charge in [0.1, 0.15) is 0 Å². The first-order valence-corrected chi connectivity index (χ1v) is 7.67. The van der Waals surface area contributed by atoms with E-state index < -0.39 is 10.9 Å². The van der Waals surface area contributed by atoms with E-state index in [-0.39, 0.29) is 18.0 Å². The van der Waals surface area contributed by atoms with Gasteiger partial charge in [-0.05, 0) is 19.1 Å². The lowest BCUT2D eigenvalue weighted by Gasteiger charge is -2.07. The molecule has 0 fully saturated rings. The molecule has 0 aliphatic heterocycles. The molecule has 126 valence electrons. The Morgan fingerprint density at radius 1 is 1.16 bits per heavy atom. The van der Waals surface area contributed by atoms with Crippen LogP contribution in [0.25, 0.3) is 16.9 Å². The van der Waals surface area contributed by atoms with E-state index >= 15 is 0 Å². The van der Waals surface area contributed by atoms with Crippen molar-refractivity contribution in [1.82, 2.24) is 9.78 Å². The van der Waals surface area contributed by atoms with Gasteiger partial charge in [0.2, 0.25) is 0 Å². The first kappa shape index (κ1) is 16.4. The van der Waals surface area contributed by atoms with Crippen LogP contribution in [0, 0.1) is 10.1 Å². The molecule has 0 radical (unpaired) electrons. The number of rotatable bonds is 5. The highest BCUT2D eigenvalue weighted by atomic mass is 16.6. The summed E-state index contributed by atoms with van der Waals surface area (Å²) in [5, 5.41) is 15.3. The standard InChI is InChI=1S/C18H15N3O4/c1-2-25-18(22)16-12-17(13-7-4-3-5-8-13)20(19-16)14-9-6-10-15(11-14)21(23)24/h3-12H,2H2,1H3. The average molecular weight is 337 g/mol. The number of hydrogen-bond acceptors (Lipinski definition) is 5. The summed E-state index contributed by atoms with van der Waals surface area (Å²) in [7, 11) is 0. The summed E-state index contributed by atoms with van der Waals surface area (Å²) in [6.45, 7) is 1.96. The number of nitro benzene ring substituents is 1. The molecule has 25 heavy (non-hydrogen) atoms. The number of aromatic nitrogens is 2. The Bertz CT molecular complexity index is 919. The van der Waals surface area contributed by atoms with Crippen molar-refractivity contribution in [1.29, 1.82) is 0 Å². The number of non-ortho nitro benzene ring substituents is 1. The predicted molar refractivity (Wildman–Crippen MR) is 91.6 cm³/mol. The highest BCUT2D eigenvalue weighted by Gasteiger charge is 2.18. The van der Waals surface area contributed by atoms with E-state index in [0.717, 1.165) is 5.56 Å². The number of nitrogens with zero attached hydrogens (tertiary/aromatic N) is 3. The number of carbonyl (C=O) groups excluding carboxylic acids is 1. The molecule has 7 heteroatoms. The van der Waals surface area contributed by atoms with Crippen molar-refractivity contribution < 1.29 is 14.5 Å². The summed E-state index contributed by atoms with van der Waals surface area (Å²) in [6.07, 6.45) is 0. The number of esters is 1.